The van der Waals surface area contributed by atoms with Crippen molar-refractivity contribution < 1.29 is 24.9 Å². The van der Waals surface area contributed by atoms with Crippen LogP contribution in [0.4, 0.5) is 0 Å². The third kappa shape index (κ3) is 35.4. The average molecular weight is 453 g/mol. The summed E-state index contributed by atoms with van der Waals surface area (Å²) in [6.45, 7) is 2.66. The van der Waals surface area contributed by atoms with E-state index in [0.717, 1.165) is 28.0 Å². The molecular weight excluding hydrogens is 408 g/mol. The standard InChI is InChI=1S/C18H38O.C4H6O4S2/c1-2-3-4-5-6-7-8-9-10-11-12-13-14-15-16-17-18-19;5-3(6)1-9-10-2-4(7)8/h19H,2-18H2,1H3;1-2H2,(H,5,6)(H,7,8). The van der Waals surface area contributed by atoms with Gasteiger partial charge in [-0.2, -0.15) is 0 Å². The number of carboxylic acid groups (broad SMARTS) is 2. The molecule has 29 heavy (non-hydrogen) atoms. The maximum absolute atomic E-state index is 9.86. The lowest BCUT2D eigenvalue weighted by Crippen LogP contribution is -1.99. The molecule has 0 aromatic rings. The molecule has 0 heterocycles. The molecule has 0 aromatic heterocycles. The quantitative estimate of drug-likeness (QED) is 0.130. The lowest BCUT2D eigenvalue weighted by molar-refractivity contribution is -0.135. The molecule has 0 aliphatic carbocycles. The van der Waals surface area contributed by atoms with Gasteiger partial charge >= 0.3 is 11.9 Å². The number of aliphatic hydroxyl groups excluding tert-OH is 1. The summed E-state index contributed by atoms with van der Waals surface area (Å²) < 4.78 is 0. The van der Waals surface area contributed by atoms with E-state index in [0.29, 0.717) is 6.61 Å². The molecule has 5 nitrogen and oxygen atoms in total. The van der Waals surface area contributed by atoms with Crippen molar-refractivity contribution in [2.75, 3.05) is 18.1 Å². The van der Waals surface area contributed by atoms with E-state index in [1.165, 1.54) is 96.3 Å². The Morgan fingerprint density at radius 1 is 0.552 bits per heavy atom. The minimum Gasteiger partial charge on any atom is -0.481 e. The predicted octanol–water partition coefficient (Wildman–Crippen LogP) is 6.78. The van der Waals surface area contributed by atoms with Gasteiger partial charge in [-0.05, 0) is 6.42 Å². The molecular formula is C22H44O5S2. The molecule has 3 N–H and O–H groups in total. The predicted molar refractivity (Wildman–Crippen MR) is 127 cm³/mol. The molecule has 174 valence electrons. The fourth-order valence-corrected chi connectivity index (χ4v) is 4.32. The first-order valence-electron chi connectivity index (χ1n) is 11.3. The molecule has 0 aromatic carbocycles. The molecule has 0 spiro atoms. The van der Waals surface area contributed by atoms with Gasteiger partial charge in [-0.15, -0.1) is 0 Å². The van der Waals surface area contributed by atoms with Crippen LogP contribution in [0.1, 0.15) is 110 Å². The molecule has 0 atom stereocenters. The van der Waals surface area contributed by atoms with E-state index in [4.69, 9.17) is 15.3 Å². The highest BCUT2D eigenvalue weighted by atomic mass is 33.1. The molecule has 0 rings (SSSR count). The van der Waals surface area contributed by atoms with Crippen LogP contribution < -0.4 is 0 Å². The lowest BCUT2D eigenvalue weighted by Gasteiger charge is -2.03. The molecule has 0 aliphatic rings. The SMILES string of the molecule is CCCCCCCCCCCCCCCCCCO.O=C(O)CSSCC(=O)O. The molecule has 0 amide bonds. The van der Waals surface area contributed by atoms with Crippen molar-refractivity contribution in [1.82, 2.24) is 0 Å². The van der Waals surface area contributed by atoms with E-state index in [-0.39, 0.29) is 11.5 Å². The highest BCUT2D eigenvalue weighted by Gasteiger charge is 2.00. The zero-order valence-electron chi connectivity index (χ0n) is 18.4. The first kappa shape index (κ1) is 30.8. The fraction of sp³-hybridized carbons (Fsp3) is 0.909. The normalized spacial score (nSPS) is 10.4. The van der Waals surface area contributed by atoms with Crippen LogP contribution in [0.2, 0.25) is 0 Å². The Labute approximate surface area is 186 Å². The Morgan fingerprint density at radius 2 is 0.828 bits per heavy atom. The maximum Gasteiger partial charge on any atom is 0.314 e. The maximum atomic E-state index is 9.86. The third-order valence-corrected chi connectivity index (χ3v) is 6.56. The number of aliphatic carboxylic acids is 2. The number of hydrogen-bond donors (Lipinski definition) is 3. The van der Waals surface area contributed by atoms with Gasteiger partial charge in [-0.1, -0.05) is 125 Å². The number of carboxylic acids is 2. The summed E-state index contributed by atoms with van der Waals surface area (Å²) in [5.74, 6) is -1.97. The largest absolute Gasteiger partial charge is 0.481 e. The van der Waals surface area contributed by atoms with Crippen molar-refractivity contribution in [3.63, 3.8) is 0 Å². The first-order chi connectivity index (χ1) is 14.0. The van der Waals surface area contributed by atoms with Crippen LogP contribution in [0.5, 0.6) is 0 Å². The van der Waals surface area contributed by atoms with Crippen molar-refractivity contribution in [3.05, 3.63) is 0 Å². The molecule has 0 fully saturated rings. The van der Waals surface area contributed by atoms with Gasteiger partial charge in [0.2, 0.25) is 0 Å². The van der Waals surface area contributed by atoms with Crippen LogP contribution in [0, 0.1) is 0 Å². The van der Waals surface area contributed by atoms with Crippen molar-refractivity contribution in [2.45, 2.75) is 110 Å². The average Bonchev–Trinajstić information content (AvgIpc) is 2.68. The second-order valence-corrected chi connectivity index (χ2v) is 9.80. The molecule has 0 unspecified atom stereocenters. The van der Waals surface area contributed by atoms with Gasteiger partial charge in [0.1, 0.15) is 11.5 Å². The van der Waals surface area contributed by atoms with Gasteiger partial charge < -0.3 is 15.3 Å². The Balaban J connectivity index is 0. The summed E-state index contributed by atoms with van der Waals surface area (Å²) in [6, 6.07) is 0. The topological polar surface area (TPSA) is 94.8 Å². The number of rotatable bonds is 21. The van der Waals surface area contributed by atoms with E-state index in [1.54, 1.807) is 0 Å². The first-order valence-corrected chi connectivity index (χ1v) is 13.8. The summed E-state index contributed by atoms with van der Waals surface area (Å²) in [7, 11) is 2.05. The second kappa shape index (κ2) is 27.6. The van der Waals surface area contributed by atoms with E-state index in [9.17, 15) is 9.59 Å². The van der Waals surface area contributed by atoms with Crippen molar-refractivity contribution in [3.8, 4) is 0 Å². The van der Waals surface area contributed by atoms with Crippen molar-refractivity contribution >= 4 is 33.5 Å². The molecule has 0 saturated heterocycles. The molecule has 7 heteroatoms. The fourth-order valence-electron chi connectivity index (χ4n) is 2.84. The van der Waals surface area contributed by atoms with E-state index in [1.807, 2.05) is 0 Å². The Kier molecular flexibility index (Phi) is 29.3. The number of unbranched alkanes of at least 4 members (excludes halogenated alkanes) is 15. The summed E-state index contributed by atoms with van der Waals surface area (Å²) in [4.78, 5) is 19.7. The number of hydrogen-bond acceptors (Lipinski definition) is 5. The summed E-state index contributed by atoms with van der Waals surface area (Å²) in [5.41, 5.74) is 0. The zero-order chi connectivity index (χ0) is 22.0. The van der Waals surface area contributed by atoms with Gasteiger partial charge in [0.15, 0.2) is 0 Å². The van der Waals surface area contributed by atoms with Gasteiger partial charge in [-0.25, -0.2) is 0 Å². The monoisotopic (exact) mass is 452 g/mol. The van der Waals surface area contributed by atoms with Crippen LogP contribution in [-0.4, -0.2) is 45.4 Å². The van der Waals surface area contributed by atoms with Crippen molar-refractivity contribution in [1.29, 1.82) is 0 Å². The van der Waals surface area contributed by atoms with Crippen LogP contribution in [0.3, 0.4) is 0 Å². The molecule has 0 radical (unpaired) electrons. The zero-order valence-corrected chi connectivity index (χ0v) is 20.0. The summed E-state index contributed by atoms with van der Waals surface area (Å²) in [5, 5.41) is 24.9. The van der Waals surface area contributed by atoms with Crippen LogP contribution in [0.15, 0.2) is 0 Å². The number of aliphatic hydroxyl groups is 1. The lowest BCUT2D eigenvalue weighted by atomic mass is 10.0. The number of carbonyl (C=O) groups is 2. The second-order valence-electron chi connectivity index (χ2n) is 7.34. The van der Waals surface area contributed by atoms with Crippen LogP contribution >= 0.6 is 21.6 Å². The highest BCUT2D eigenvalue weighted by Crippen LogP contribution is 2.19. The third-order valence-electron chi connectivity index (χ3n) is 4.46. The smallest absolute Gasteiger partial charge is 0.314 e. The van der Waals surface area contributed by atoms with Gasteiger partial charge in [0, 0.05) is 6.61 Å². The van der Waals surface area contributed by atoms with E-state index in [2.05, 4.69) is 6.92 Å². The van der Waals surface area contributed by atoms with Crippen LogP contribution in [-0.2, 0) is 9.59 Å². The summed E-state index contributed by atoms with van der Waals surface area (Å²) >= 11 is 0. The Hall–Kier alpha value is -0.400. The Morgan fingerprint density at radius 3 is 1.07 bits per heavy atom. The minimum absolute atomic E-state index is 0.0576. The van der Waals surface area contributed by atoms with Gasteiger partial charge in [0.25, 0.3) is 0 Å². The summed E-state index contributed by atoms with van der Waals surface area (Å²) in [6.07, 6.45) is 22.2. The van der Waals surface area contributed by atoms with Gasteiger partial charge in [0.05, 0.1) is 0 Å². The molecule has 0 aliphatic heterocycles. The van der Waals surface area contributed by atoms with Crippen molar-refractivity contribution in [2.24, 2.45) is 0 Å². The van der Waals surface area contributed by atoms with Gasteiger partial charge in [-0.3, -0.25) is 9.59 Å². The van der Waals surface area contributed by atoms with E-state index < -0.39 is 11.9 Å². The molecule has 0 bridgehead atoms. The van der Waals surface area contributed by atoms with Crippen LogP contribution in [0.25, 0.3) is 0 Å². The highest BCUT2D eigenvalue weighted by molar-refractivity contribution is 8.77. The van der Waals surface area contributed by atoms with E-state index >= 15 is 0 Å². The Bertz CT molecular complexity index is 322. The molecule has 0 saturated carbocycles. The minimum atomic E-state index is -0.928.